The quantitative estimate of drug-likeness (QED) is 0.781. The van der Waals surface area contributed by atoms with E-state index in [1.807, 2.05) is 6.07 Å². The standard InChI is InChI=1S/C17H25BrFN/c1-2-3-4-13-5-7-17(20,8-6-13)12-14-9-15(18)11-16(19)10-14/h9-11,13H,2-8,12,20H2,1H3. The van der Waals surface area contributed by atoms with Gasteiger partial charge in [-0.05, 0) is 61.8 Å². The molecule has 3 heteroatoms. The summed E-state index contributed by atoms with van der Waals surface area (Å²) in [7, 11) is 0. The largest absolute Gasteiger partial charge is 0.325 e. The van der Waals surface area contributed by atoms with E-state index in [1.165, 1.54) is 38.2 Å². The van der Waals surface area contributed by atoms with Crippen LogP contribution in [0.15, 0.2) is 22.7 Å². The summed E-state index contributed by atoms with van der Waals surface area (Å²) in [4.78, 5) is 0. The van der Waals surface area contributed by atoms with Crippen LogP contribution in [0, 0.1) is 11.7 Å². The molecule has 1 aliphatic rings. The average molecular weight is 342 g/mol. The Labute approximate surface area is 130 Å². The van der Waals surface area contributed by atoms with Crippen molar-refractivity contribution in [3.05, 3.63) is 34.1 Å². The minimum Gasteiger partial charge on any atom is -0.325 e. The third-order valence-electron chi connectivity index (χ3n) is 4.55. The highest BCUT2D eigenvalue weighted by Crippen LogP contribution is 2.35. The zero-order valence-corrected chi connectivity index (χ0v) is 13.9. The van der Waals surface area contributed by atoms with Crippen molar-refractivity contribution in [2.24, 2.45) is 11.7 Å². The maximum atomic E-state index is 13.4. The van der Waals surface area contributed by atoms with E-state index >= 15 is 0 Å². The Morgan fingerprint density at radius 1 is 1.30 bits per heavy atom. The fraction of sp³-hybridized carbons (Fsp3) is 0.647. The molecule has 0 unspecified atom stereocenters. The summed E-state index contributed by atoms with van der Waals surface area (Å²) in [5.74, 6) is 0.667. The van der Waals surface area contributed by atoms with Crippen molar-refractivity contribution in [1.29, 1.82) is 0 Å². The van der Waals surface area contributed by atoms with Gasteiger partial charge in [-0.3, -0.25) is 0 Å². The van der Waals surface area contributed by atoms with Crippen LogP contribution < -0.4 is 5.73 Å². The number of benzene rings is 1. The molecule has 1 saturated carbocycles. The fourth-order valence-corrected chi connectivity index (χ4v) is 3.84. The molecule has 0 aromatic heterocycles. The molecular weight excluding hydrogens is 317 g/mol. The second-order valence-corrected chi connectivity index (χ2v) is 7.32. The van der Waals surface area contributed by atoms with Crippen LogP contribution in [0.5, 0.6) is 0 Å². The van der Waals surface area contributed by atoms with Crippen LogP contribution in [0.3, 0.4) is 0 Å². The highest BCUT2D eigenvalue weighted by Gasteiger charge is 2.31. The summed E-state index contributed by atoms with van der Waals surface area (Å²) in [5.41, 5.74) is 7.41. The van der Waals surface area contributed by atoms with Crippen molar-refractivity contribution in [2.75, 3.05) is 0 Å². The molecule has 1 nitrogen and oxygen atoms in total. The first-order valence-corrected chi connectivity index (χ1v) is 8.54. The lowest BCUT2D eigenvalue weighted by Gasteiger charge is -2.37. The van der Waals surface area contributed by atoms with E-state index in [0.717, 1.165) is 35.2 Å². The van der Waals surface area contributed by atoms with Crippen LogP contribution in [0.25, 0.3) is 0 Å². The fourth-order valence-electron chi connectivity index (χ4n) is 3.33. The van der Waals surface area contributed by atoms with Gasteiger partial charge in [-0.1, -0.05) is 42.1 Å². The third-order valence-corrected chi connectivity index (χ3v) is 5.00. The molecule has 0 atom stereocenters. The highest BCUT2D eigenvalue weighted by atomic mass is 79.9. The molecule has 0 radical (unpaired) electrons. The Morgan fingerprint density at radius 2 is 2.00 bits per heavy atom. The molecule has 1 aliphatic carbocycles. The monoisotopic (exact) mass is 341 g/mol. The van der Waals surface area contributed by atoms with Gasteiger partial charge in [0.25, 0.3) is 0 Å². The molecule has 20 heavy (non-hydrogen) atoms. The number of hydrogen-bond donors (Lipinski definition) is 1. The Hall–Kier alpha value is -0.410. The lowest BCUT2D eigenvalue weighted by Crippen LogP contribution is -2.45. The first kappa shape index (κ1) is 16.0. The molecule has 1 aromatic rings. The van der Waals surface area contributed by atoms with E-state index in [0.29, 0.717) is 0 Å². The zero-order chi connectivity index (χ0) is 14.6. The molecule has 1 aromatic carbocycles. The smallest absolute Gasteiger partial charge is 0.124 e. The summed E-state index contributed by atoms with van der Waals surface area (Å²) in [6, 6.07) is 5.09. The van der Waals surface area contributed by atoms with Gasteiger partial charge in [0, 0.05) is 10.0 Å². The summed E-state index contributed by atoms with van der Waals surface area (Å²) in [6.07, 6.45) is 9.33. The van der Waals surface area contributed by atoms with Crippen molar-refractivity contribution in [3.63, 3.8) is 0 Å². The minimum atomic E-state index is -0.186. The first-order chi connectivity index (χ1) is 9.50. The van der Waals surface area contributed by atoms with E-state index in [1.54, 1.807) is 6.07 Å². The van der Waals surface area contributed by atoms with Gasteiger partial charge in [0.1, 0.15) is 5.82 Å². The molecule has 112 valence electrons. The van der Waals surface area contributed by atoms with Crippen molar-refractivity contribution < 1.29 is 4.39 Å². The van der Waals surface area contributed by atoms with Crippen LogP contribution >= 0.6 is 15.9 Å². The topological polar surface area (TPSA) is 26.0 Å². The minimum absolute atomic E-state index is 0.143. The van der Waals surface area contributed by atoms with Gasteiger partial charge >= 0.3 is 0 Å². The number of halogens is 2. The molecule has 2 rings (SSSR count). The summed E-state index contributed by atoms with van der Waals surface area (Å²) in [5, 5.41) is 0. The molecule has 0 amide bonds. The molecule has 0 aliphatic heterocycles. The molecule has 0 heterocycles. The van der Waals surface area contributed by atoms with E-state index in [9.17, 15) is 4.39 Å². The molecule has 0 spiro atoms. The molecule has 1 fully saturated rings. The maximum absolute atomic E-state index is 13.4. The molecule has 0 bridgehead atoms. The van der Waals surface area contributed by atoms with Gasteiger partial charge in [0.15, 0.2) is 0 Å². The van der Waals surface area contributed by atoms with Crippen molar-refractivity contribution >= 4 is 15.9 Å². The normalized spacial score (nSPS) is 26.7. The van der Waals surface area contributed by atoms with Crippen LogP contribution in [-0.4, -0.2) is 5.54 Å². The lowest BCUT2D eigenvalue weighted by atomic mass is 9.73. The van der Waals surface area contributed by atoms with E-state index in [2.05, 4.69) is 22.9 Å². The van der Waals surface area contributed by atoms with E-state index in [4.69, 9.17) is 5.73 Å². The van der Waals surface area contributed by atoms with E-state index in [-0.39, 0.29) is 11.4 Å². The third kappa shape index (κ3) is 4.56. The Balaban J connectivity index is 1.92. The van der Waals surface area contributed by atoms with Gasteiger partial charge in [0.05, 0.1) is 0 Å². The number of hydrogen-bond acceptors (Lipinski definition) is 1. The Morgan fingerprint density at radius 3 is 2.60 bits per heavy atom. The van der Waals surface area contributed by atoms with Crippen LogP contribution in [0.1, 0.15) is 57.4 Å². The SMILES string of the molecule is CCCCC1CCC(N)(Cc2cc(F)cc(Br)c2)CC1. The molecular formula is C17H25BrFN. The summed E-state index contributed by atoms with van der Waals surface area (Å²) in [6.45, 7) is 2.25. The van der Waals surface area contributed by atoms with Gasteiger partial charge in [0.2, 0.25) is 0 Å². The van der Waals surface area contributed by atoms with Crippen LogP contribution in [-0.2, 0) is 6.42 Å². The summed E-state index contributed by atoms with van der Waals surface area (Å²) < 4.78 is 14.2. The maximum Gasteiger partial charge on any atom is 0.124 e. The second-order valence-electron chi connectivity index (χ2n) is 6.40. The number of nitrogens with two attached hydrogens (primary N) is 1. The van der Waals surface area contributed by atoms with Crippen molar-refractivity contribution in [1.82, 2.24) is 0 Å². The average Bonchev–Trinajstić information content (AvgIpc) is 2.36. The van der Waals surface area contributed by atoms with E-state index < -0.39 is 0 Å². The van der Waals surface area contributed by atoms with Crippen LogP contribution in [0.4, 0.5) is 4.39 Å². The predicted molar refractivity (Wildman–Crippen MR) is 86.2 cm³/mol. The Bertz CT molecular complexity index is 418. The first-order valence-electron chi connectivity index (χ1n) is 7.74. The molecule has 2 N–H and O–H groups in total. The van der Waals surface area contributed by atoms with Gasteiger partial charge < -0.3 is 5.73 Å². The number of rotatable bonds is 5. The van der Waals surface area contributed by atoms with Crippen molar-refractivity contribution in [3.8, 4) is 0 Å². The van der Waals surface area contributed by atoms with Gasteiger partial charge in [-0.2, -0.15) is 0 Å². The van der Waals surface area contributed by atoms with Gasteiger partial charge in [-0.15, -0.1) is 0 Å². The molecule has 0 saturated heterocycles. The number of unbranched alkanes of at least 4 members (excludes halogenated alkanes) is 1. The van der Waals surface area contributed by atoms with Crippen LogP contribution in [0.2, 0.25) is 0 Å². The highest BCUT2D eigenvalue weighted by molar-refractivity contribution is 9.10. The predicted octanol–water partition coefficient (Wildman–Crippen LogP) is 5.21. The Kier molecular flexibility index (Phi) is 5.62. The second kappa shape index (κ2) is 7.04. The zero-order valence-electron chi connectivity index (χ0n) is 12.3. The van der Waals surface area contributed by atoms with Gasteiger partial charge in [-0.25, -0.2) is 4.39 Å². The lowest BCUT2D eigenvalue weighted by molar-refractivity contribution is 0.221. The summed E-state index contributed by atoms with van der Waals surface area (Å²) >= 11 is 3.35. The van der Waals surface area contributed by atoms with Crippen molar-refractivity contribution in [2.45, 2.75) is 63.8 Å².